The van der Waals surface area contributed by atoms with Gasteiger partial charge in [-0.3, -0.25) is 4.79 Å². The van der Waals surface area contributed by atoms with Gasteiger partial charge in [-0.1, -0.05) is 0 Å². The molecule has 0 radical (unpaired) electrons. The highest BCUT2D eigenvalue weighted by molar-refractivity contribution is 5.75. The molecule has 6 heteroatoms. The molecule has 1 heterocycles. The zero-order chi connectivity index (χ0) is 12.0. The molecule has 0 spiro atoms. The number of hydrogen-bond acceptors (Lipinski definition) is 5. The molecule has 1 aromatic rings. The van der Waals surface area contributed by atoms with Gasteiger partial charge >= 0.3 is 0 Å². The summed E-state index contributed by atoms with van der Waals surface area (Å²) >= 11 is 0. The van der Waals surface area contributed by atoms with E-state index in [4.69, 9.17) is 16.2 Å². The van der Waals surface area contributed by atoms with Gasteiger partial charge in [-0.15, -0.1) is 0 Å². The molecule has 1 aromatic heterocycles. The Kier molecular flexibility index (Phi) is 4.53. The number of hydrogen-bond donors (Lipinski definition) is 3. The predicted octanol–water partition coefficient (Wildman–Crippen LogP) is -0.114. The minimum absolute atomic E-state index is 0.0710. The van der Waals surface area contributed by atoms with Crippen molar-refractivity contribution in [3.63, 3.8) is 0 Å². The topological polar surface area (TPSA) is 103 Å². The van der Waals surface area contributed by atoms with Crippen LogP contribution in [0.1, 0.15) is 5.56 Å². The number of carbonyl (C=O) groups is 1. The van der Waals surface area contributed by atoms with E-state index in [1.54, 1.807) is 6.20 Å². The molecule has 0 aliphatic rings. The van der Waals surface area contributed by atoms with Gasteiger partial charge in [0.2, 0.25) is 5.91 Å². The van der Waals surface area contributed by atoms with E-state index in [-0.39, 0.29) is 6.61 Å². The number of carbonyl (C=O) groups excluding carboxylic acids is 1. The normalized spacial score (nSPS) is 10.1. The molecule has 0 saturated carbocycles. The number of nitrogens with one attached hydrogen (secondary N) is 1. The second-order valence-electron chi connectivity index (χ2n) is 3.34. The van der Waals surface area contributed by atoms with Crippen LogP contribution in [0.4, 0.5) is 11.5 Å². The molecule has 1 rings (SSSR count). The molecule has 0 fully saturated rings. The number of aryl methyl sites for hydroxylation is 1. The van der Waals surface area contributed by atoms with Crippen LogP contribution in [0.5, 0.6) is 0 Å². The van der Waals surface area contributed by atoms with Crippen molar-refractivity contribution in [1.29, 1.82) is 0 Å². The second kappa shape index (κ2) is 5.92. The van der Waals surface area contributed by atoms with Crippen LogP contribution in [0.25, 0.3) is 0 Å². The van der Waals surface area contributed by atoms with E-state index >= 15 is 0 Å². The number of amides is 1. The van der Waals surface area contributed by atoms with Crippen LogP contribution in [0.3, 0.4) is 0 Å². The van der Waals surface area contributed by atoms with Crippen LogP contribution in [0, 0.1) is 6.92 Å². The summed E-state index contributed by atoms with van der Waals surface area (Å²) in [6.45, 7) is 2.73. The SMILES string of the molecule is Cc1ccnc(NCCOCC(N)=O)c1N. The molecule has 5 N–H and O–H groups in total. The smallest absolute Gasteiger partial charge is 0.243 e. The Bertz CT molecular complexity index is 368. The van der Waals surface area contributed by atoms with E-state index in [1.165, 1.54) is 0 Å². The van der Waals surface area contributed by atoms with Gasteiger partial charge in [0.15, 0.2) is 0 Å². The molecule has 0 aromatic carbocycles. The van der Waals surface area contributed by atoms with Crippen LogP contribution >= 0.6 is 0 Å². The van der Waals surface area contributed by atoms with Gasteiger partial charge in [0.1, 0.15) is 12.4 Å². The fourth-order valence-corrected chi connectivity index (χ4v) is 1.12. The highest BCUT2D eigenvalue weighted by Crippen LogP contribution is 2.17. The molecule has 6 nitrogen and oxygen atoms in total. The lowest BCUT2D eigenvalue weighted by Gasteiger charge is -2.09. The Morgan fingerprint density at radius 2 is 2.38 bits per heavy atom. The molecule has 0 aliphatic carbocycles. The molecule has 0 unspecified atom stereocenters. The summed E-state index contributed by atoms with van der Waals surface area (Å²) in [5, 5.41) is 3.01. The standard InChI is InChI=1S/C10H16N4O2/c1-7-2-3-13-10(9(7)12)14-4-5-16-6-8(11)15/h2-3H,4-6,12H2,1H3,(H2,11,15)(H,13,14). The third kappa shape index (κ3) is 3.74. The van der Waals surface area contributed by atoms with E-state index in [9.17, 15) is 4.79 Å². The molecular weight excluding hydrogens is 208 g/mol. The third-order valence-electron chi connectivity index (χ3n) is 1.99. The molecular formula is C10H16N4O2. The monoisotopic (exact) mass is 224 g/mol. The Hall–Kier alpha value is -1.82. The lowest BCUT2D eigenvalue weighted by atomic mass is 10.2. The van der Waals surface area contributed by atoms with E-state index in [2.05, 4.69) is 10.3 Å². The molecule has 0 aliphatic heterocycles. The quantitative estimate of drug-likeness (QED) is 0.585. The largest absolute Gasteiger partial charge is 0.396 e. The van der Waals surface area contributed by atoms with Gasteiger partial charge in [-0.05, 0) is 18.6 Å². The number of primary amides is 1. The first-order chi connectivity index (χ1) is 7.61. The number of nitrogens with zero attached hydrogens (tertiary/aromatic N) is 1. The Morgan fingerprint density at radius 3 is 3.06 bits per heavy atom. The number of nitrogens with two attached hydrogens (primary N) is 2. The number of ether oxygens (including phenoxy) is 1. The van der Waals surface area contributed by atoms with Crippen molar-refractivity contribution in [3.8, 4) is 0 Å². The van der Waals surface area contributed by atoms with E-state index in [1.807, 2.05) is 13.0 Å². The Morgan fingerprint density at radius 1 is 1.62 bits per heavy atom. The zero-order valence-corrected chi connectivity index (χ0v) is 9.19. The summed E-state index contributed by atoms with van der Waals surface area (Å²) in [4.78, 5) is 14.5. The minimum Gasteiger partial charge on any atom is -0.396 e. The number of pyridine rings is 1. The van der Waals surface area contributed by atoms with Gasteiger partial charge in [-0.25, -0.2) is 4.98 Å². The summed E-state index contributed by atoms with van der Waals surface area (Å²) in [6.07, 6.45) is 1.68. The highest BCUT2D eigenvalue weighted by Gasteiger charge is 2.01. The summed E-state index contributed by atoms with van der Waals surface area (Å²) in [7, 11) is 0. The first kappa shape index (κ1) is 12.3. The predicted molar refractivity (Wildman–Crippen MR) is 61.9 cm³/mol. The maximum Gasteiger partial charge on any atom is 0.243 e. The van der Waals surface area contributed by atoms with Crippen LogP contribution < -0.4 is 16.8 Å². The van der Waals surface area contributed by atoms with Gasteiger partial charge in [0, 0.05) is 12.7 Å². The molecule has 0 saturated heterocycles. The van der Waals surface area contributed by atoms with Crippen LogP contribution in [0.2, 0.25) is 0 Å². The maximum absolute atomic E-state index is 10.4. The van der Waals surface area contributed by atoms with Crippen molar-refractivity contribution in [2.24, 2.45) is 5.73 Å². The first-order valence-corrected chi connectivity index (χ1v) is 4.92. The summed E-state index contributed by atoms with van der Waals surface area (Å²) < 4.78 is 4.98. The Labute approximate surface area is 94.0 Å². The molecule has 0 atom stereocenters. The van der Waals surface area contributed by atoms with Crippen molar-refractivity contribution in [2.45, 2.75) is 6.92 Å². The van der Waals surface area contributed by atoms with E-state index in [0.29, 0.717) is 24.7 Å². The maximum atomic E-state index is 10.4. The van der Waals surface area contributed by atoms with Gasteiger partial charge < -0.3 is 21.5 Å². The summed E-state index contributed by atoms with van der Waals surface area (Å²) in [5.74, 6) is 0.149. The fraction of sp³-hybridized carbons (Fsp3) is 0.400. The van der Waals surface area contributed by atoms with Crippen LogP contribution in [-0.4, -0.2) is 30.6 Å². The average molecular weight is 224 g/mol. The number of nitrogen functional groups attached to an aromatic ring is 1. The second-order valence-corrected chi connectivity index (χ2v) is 3.34. The van der Waals surface area contributed by atoms with Gasteiger partial charge in [0.05, 0.1) is 12.3 Å². The lowest BCUT2D eigenvalue weighted by Crippen LogP contribution is -2.21. The minimum atomic E-state index is -0.479. The number of rotatable bonds is 6. The number of anilines is 2. The van der Waals surface area contributed by atoms with Crippen molar-refractivity contribution < 1.29 is 9.53 Å². The zero-order valence-electron chi connectivity index (χ0n) is 9.19. The fourth-order valence-electron chi connectivity index (χ4n) is 1.12. The molecule has 0 bridgehead atoms. The van der Waals surface area contributed by atoms with Crippen LogP contribution in [0.15, 0.2) is 12.3 Å². The average Bonchev–Trinajstić information content (AvgIpc) is 2.23. The number of aromatic nitrogens is 1. The summed E-state index contributed by atoms with van der Waals surface area (Å²) in [6, 6.07) is 1.84. The Balaban J connectivity index is 2.32. The molecule has 88 valence electrons. The van der Waals surface area contributed by atoms with Gasteiger partial charge in [0.25, 0.3) is 0 Å². The van der Waals surface area contributed by atoms with Crippen molar-refractivity contribution >= 4 is 17.4 Å². The lowest BCUT2D eigenvalue weighted by molar-refractivity contribution is -0.122. The van der Waals surface area contributed by atoms with E-state index < -0.39 is 5.91 Å². The van der Waals surface area contributed by atoms with Crippen molar-refractivity contribution in [3.05, 3.63) is 17.8 Å². The molecule has 16 heavy (non-hydrogen) atoms. The first-order valence-electron chi connectivity index (χ1n) is 4.92. The van der Waals surface area contributed by atoms with Crippen molar-refractivity contribution in [2.75, 3.05) is 30.8 Å². The van der Waals surface area contributed by atoms with Crippen LogP contribution in [-0.2, 0) is 9.53 Å². The van der Waals surface area contributed by atoms with Crippen molar-refractivity contribution in [1.82, 2.24) is 4.98 Å². The van der Waals surface area contributed by atoms with Gasteiger partial charge in [-0.2, -0.15) is 0 Å². The van der Waals surface area contributed by atoms with E-state index in [0.717, 1.165) is 5.56 Å². The third-order valence-corrected chi connectivity index (χ3v) is 1.99. The highest BCUT2D eigenvalue weighted by atomic mass is 16.5. The summed E-state index contributed by atoms with van der Waals surface area (Å²) in [5.41, 5.74) is 12.3. The molecule has 1 amide bonds.